The Morgan fingerprint density at radius 1 is 1.47 bits per heavy atom. The Morgan fingerprint density at radius 2 is 2.18 bits per heavy atom. The molecule has 0 aliphatic heterocycles. The molecule has 1 aromatic heterocycles. The van der Waals surface area contributed by atoms with Crippen molar-refractivity contribution < 1.29 is 14.3 Å². The molecule has 0 radical (unpaired) electrons. The molecule has 17 heavy (non-hydrogen) atoms. The highest BCUT2D eigenvalue weighted by Crippen LogP contribution is 2.20. The van der Waals surface area contributed by atoms with Crippen molar-refractivity contribution >= 4 is 21.9 Å². The van der Waals surface area contributed by atoms with Crippen molar-refractivity contribution in [2.24, 2.45) is 0 Å². The number of hydrogen-bond acceptors (Lipinski definition) is 2. The van der Waals surface area contributed by atoms with Crippen LogP contribution >= 0.6 is 15.9 Å². The van der Waals surface area contributed by atoms with Gasteiger partial charge in [-0.2, -0.15) is 5.10 Å². The molecule has 4 nitrogen and oxygen atoms in total. The lowest BCUT2D eigenvalue weighted by Gasteiger charge is -2.04. The van der Waals surface area contributed by atoms with Crippen LogP contribution in [0.5, 0.6) is 0 Å². The fraction of sp³-hybridized carbons (Fsp3) is 0.0909. The molecule has 0 saturated heterocycles. The lowest BCUT2D eigenvalue weighted by Crippen LogP contribution is -2.02. The van der Waals surface area contributed by atoms with Crippen LogP contribution in [0.15, 0.2) is 28.7 Å². The van der Waals surface area contributed by atoms with Gasteiger partial charge in [0.15, 0.2) is 5.69 Å². The second-order valence-electron chi connectivity index (χ2n) is 3.49. The van der Waals surface area contributed by atoms with Crippen molar-refractivity contribution in [1.82, 2.24) is 9.78 Å². The third-order valence-electron chi connectivity index (χ3n) is 2.25. The van der Waals surface area contributed by atoms with Crippen LogP contribution in [0.3, 0.4) is 0 Å². The molecule has 1 N–H and O–H groups in total. The van der Waals surface area contributed by atoms with Gasteiger partial charge in [-0.25, -0.2) is 13.9 Å². The van der Waals surface area contributed by atoms with E-state index in [2.05, 4.69) is 21.0 Å². The van der Waals surface area contributed by atoms with Gasteiger partial charge in [0, 0.05) is 5.69 Å². The van der Waals surface area contributed by atoms with Crippen LogP contribution in [-0.4, -0.2) is 20.9 Å². The van der Waals surface area contributed by atoms with Crippen LogP contribution in [0.1, 0.15) is 16.2 Å². The first-order valence-corrected chi connectivity index (χ1v) is 5.53. The number of carboxylic acid groups (broad SMARTS) is 1. The summed E-state index contributed by atoms with van der Waals surface area (Å²) >= 11 is 3.07. The second-order valence-corrected chi connectivity index (χ2v) is 4.34. The van der Waals surface area contributed by atoms with Crippen LogP contribution in [0.4, 0.5) is 4.39 Å². The number of carbonyl (C=O) groups is 1. The fourth-order valence-electron chi connectivity index (χ4n) is 1.46. The van der Waals surface area contributed by atoms with E-state index in [-0.39, 0.29) is 11.5 Å². The summed E-state index contributed by atoms with van der Waals surface area (Å²) in [5.41, 5.74) is 1.23. The van der Waals surface area contributed by atoms with Gasteiger partial charge in [-0.3, -0.25) is 0 Å². The highest BCUT2D eigenvalue weighted by atomic mass is 79.9. The van der Waals surface area contributed by atoms with E-state index in [0.29, 0.717) is 15.9 Å². The fourth-order valence-corrected chi connectivity index (χ4v) is 1.82. The molecule has 0 atom stereocenters. The molecular weight excluding hydrogens is 291 g/mol. The molecule has 0 saturated carbocycles. The van der Waals surface area contributed by atoms with Crippen molar-refractivity contribution in [3.8, 4) is 5.69 Å². The summed E-state index contributed by atoms with van der Waals surface area (Å²) in [6.07, 6.45) is 0. The predicted molar refractivity (Wildman–Crippen MR) is 62.9 cm³/mol. The normalized spacial score (nSPS) is 10.5. The predicted octanol–water partition coefficient (Wildman–Crippen LogP) is 2.78. The average Bonchev–Trinajstić information content (AvgIpc) is 2.65. The third-order valence-corrected chi connectivity index (χ3v) is 2.86. The molecule has 2 aromatic rings. The summed E-state index contributed by atoms with van der Waals surface area (Å²) in [5.74, 6) is -1.47. The molecule has 0 bridgehead atoms. The van der Waals surface area contributed by atoms with Crippen LogP contribution < -0.4 is 0 Å². The number of nitrogens with zero attached hydrogens (tertiary/aromatic N) is 2. The molecule has 6 heteroatoms. The summed E-state index contributed by atoms with van der Waals surface area (Å²) in [5, 5.41) is 12.7. The topological polar surface area (TPSA) is 55.1 Å². The molecule has 0 aliphatic rings. The number of carboxylic acids is 1. The van der Waals surface area contributed by atoms with E-state index in [4.69, 9.17) is 5.11 Å². The number of hydrogen-bond donors (Lipinski definition) is 1. The molecule has 0 amide bonds. The number of aromatic nitrogens is 2. The lowest BCUT2D eigenvalue weighted by molar-refractivity contribution is 0.0690. The summed E-state index contributed by atoms with van der Waals surface area (Å²) in [6.45, 7) is 1.73. The highest BCUT2D eigenvalue weighted by molar-refractivity contribution is 9.10. The third kappa shape index (κ3) is 2.21. The van der Waals surface area contributed by atoms with Gasteiger partial charge >= 0.3 is 5.97 Å². The van der Waals surface area contributed by atoms with E-state index < -0.39 is 5.97 Å². The Balaban J connectivity index is 2.52. The molecule has 1 heterocycles. The summed E-state index contributed by atoms with van der Waals surface area (Å²) in [7, 11) is 0. The highest BCUT2D eigenvalue weighted by Gasteiger charge is 2.12. The van der Waals surface area contributed by atoms with Crippen molar-refractivity contribution in [3.63, 3.8) is 0 Å². The van der Waals surface area contributed by atoms with Crippen LogP contribution in [-0.2, 0) is 0 Å². The first-order valence-electron chi connectivity index (χ1n) is 4.74. The van der Waals surface area contributed by atoms with Crippen LogP contribution in [0, 0.1) is 12.7 Å². The molecule has 88 valence electrons. The molecule has 1 aromatic carbocycles. The van der Waals surface area contributed by atoms with E-state index >= 15 is 0 Å². The molecular formula is C11H8BrFN2O2. The summed E-state index contributed by atoms with van der Waals surface area (Å²) < 4.78 is 14.8. The monoisotopic (exact) mass is 298 g/mol. The Hall–Kier alpha value is -1.69. The number of aromatic carboxylic acids is 1. The molecule has 0 unspecified atom stereocenters. The lowest BCUT2D eigenvalue weighted by atomic mass is 10.3. The SMILES string of the molecule is Cc1cc(C(=O)O)nn1-c1ccc(F)c(Br)c1. The van der Waals surface area contributed by atoms with Gasteiger partial charge < -0.3 is 5.11 Å². The standard InChI is InChI=1S/C11H8BrFN2O2/c1-6-4-10(11(16)17)14-15(6)7-2-3-9(13)8(12)5-7/h2-5H,1H3,(H,16,17). The largest absolute Gasteiger partial charge is 0.476 e. The van der Waals surface area contributed by atoms with Crippen molar-refractivity contribution in [2.45, 2.75) is 6.92 Å². The smallest absolute Gasteiger partial charge is 0.356 e. The van der Waals surface area contributed by atoms with Crippen LogP contribution in [0.25, 0.3) is 5.69 Å². The zero-order chi connectivity index (χ0) is 12.6. The van der Waals surface area contributed by atoms with E-state index in [9.17, 15) is 9.18 Å². The second kappa shape index (κ2) is 4.29. The zero-order valence-corrected chi connectivity index (χ0v) is 10.4. The summed E-state index contributed by atoms with van der Waals surface area (Å²) in [6, 6.07) is 5.83. The number of aryl methyl sites for hydroxylation is 1. The van der Waals surface area contributed by atoms with Crippen molar-refractivity contribution in [2.75, 3.05) is 0 Å². The Morgan fingerprint density at radius 3 is 2.71 bits per heavy atom. The zero-order valence-electron chi connectivity index (χ0n) is 8.82. The van der Waals surface area contributed by atoms with Gasteiger partial charge in [0.2, 0.25) is 0 Å². The molecule has 0 fully saturated rings. The Kier molecular flexibility index (Phi) is 2.97. The number of halogens is 2. The van der Waals surface area contributed by atoms with E-state index in [1.165, 1.54) is 22.9 Å². The molecule has 0 spiro atoms. The van der Waals surface area contributed by atoms with Crippen molar-refractivity contribution in [1.29, 1.82) is 0 Å². The van der Waals surface area contributed by atoms with E-state index in [1.807, 2.05) is 0 Å². The minimum absolute atomic E-state index is 0.0389. The Bertz CT molecular complexity index is 595. The first kappa shape index (κ1) is 11.8. The van der Waals surface area contributed by atoms with Gasteiger partial charge in [-0.15, -0.1) is 0 Å². The number of rotatable bonds is 2. The van der Waals surface area contributed by atoms with E-state index in [0.717, 1.165) is 0 Å². The molecule has 0 aliphatic carbocycles. The minimum Gasteiger partial charge on any atom is -0.476 e. The maximum atomic E-state index is 13.1. The van der Waals surface area contributed by atoms with Gasteiger partial charge in [0.1, 0.15) is 5.82 Å². The van der Waals surface area contributed by atoms with E-state index in [1.54, 1.807) is 13.0 Å². The van der Waals surface area contributed by atoms with Gasteiger partial charge in [0.25, 0.3) is 0 Å². The van der Waals surface area contributed by atoms with Crippen molar-refractivity contribution in [3.05, 3.63) is 45.9 Å². The maximum absolute atomic E-state index is 13.1. The Labute approximate surface area is 105 Å². The maximum Gasteiger partial charge on any atom is 0.356 e. The van der Waals surface area contributed by atoms with Gasteiger partial charge in [-0.05, 0) is 47.1 Å². The van der Waals surface area contributed by atoms with Crippen LogP contribution in [0.2, 0.25) is 0 Å². The van der Waals surface area contributed by atoms with Gasteiger partial charge in [0.05, 0.1) is 10.2 Å². The number of benzene rings is 1. The van der Waals surface area contributed by atoms with Gasteiger partial charge in [-0.1, -0.05) is 0 Å². The summed E-state index contributed by atoms with van der Waals surface area (Å²) in [4.78, 5) is 10.8. The minimum atomic E-state index is -1.09. The quantitative estimate of drug-likeness (QED) is 0.927. The molecule has 2 rings (SSSR count). The first-order chi connectivity index (χ1) is 7.99. The average molecular weight is 299 g/mol.